The smallest absolute Gasteiger partial charge is 0.260 e. The van der Waals surface area contributed by atoms with Gasteiger partial charge in [-0.1, -0.05) is 60.0 Å². The molecule has 1 aliphatic rings. The van der Waals surface area contributed by atoms with Crippen molar-refractivity contribution in [3.8, 4) is 0 Å². The van der Waals surface area contributed by atoms with Crippen LogP contribution in [0.4, 0.5) is 13.2 Å². The third-order valence-electron chi connectivity index (χ3n) is 5.14. The highest BCUT2D eigenvalue weighted by atomic mass is 19.3. The van der Waals surface area contributed by atoms with Crippen LogP contribution >= 0.6 is 0 Å². The fourth-order valence-corrected chi connectivity index (χ4v) is 3.33. The number of pyridine rings is 1. The molecule has 1 aromatic rings. The van der Waals surface area contributed by atoms with E-state index in [2.05, 4.69) is 6.58 Å². The van der Waals surface area contributed by atoms with E-state index >= 15 is 0 Å². The fourth-order valence-electron chi connectivity index (χ4n) is 3.33. The van der Waals surface area contributed by atoms with E-state index in [1.807, 2.05) is 34.6 Å². The highest BCUT2D eigenvalue weighted by molar-refractivity contribution is 5.79. The highest BCUT2D eigenvalue weighted by Gasteiger charge is 2.30. The molecule has 1 unspecified atom stereocenters. The van der Waals surface area contributed by atoms with Gasteiger partial charge >= 0.3 is 0 Å². The van der Waals surface area contributed by atoms with E-state index < -0.39 is 12.3 Å². The lowest BCUT2D eigenvalue weighted by atomic mass is 9.94. The molecule has 31 heavy (non-hydrogen) atoms. The lowest BCUT2D eigenvalue weighted by molar-refractivity contribution is -0.910. The molecule has 0 amide bonds. The number of alkyl halides is 2. The molecule has 5 heteroatoms. The number of halogens is 3. The molecule has 0 bridgehead atoms. The molecule has 1 atom stereocenters. The van der Waals surface area contributed by atoms with E-state index in [-0.39, 0.29) is 22.6 Å². The number of hydrogen-bond donors (Lipinski definition) is 1. The minimum absolute atomic E-state index is 0.0256. The van der Waals surface area contributed by atoms with Gasteiger partial charge in [0.1, 0.15) is 5.83 Å². The molecule has 176 valence electrons. The molecule has 1 heterocycles. The Morgan fingerprint density at radius 2 is 1.77 bits per heavy atom. The summed E-state index contributed by atoms with van der Waals surface area (Å²) in [4.78, 5) is 0. The lowest BCUT2D eigenvalue weighted by Gasteiger charge is -2.13. The molecule has 0 aliphatic heterocycles. The van der Waals surface area contributed by atoms with Crippen LogP contribution in [-0.2, 0) is 0 Å². The van der Waals surface area contributed by atoms with Crippen LogP contribution in [0.15, 0.2) is 48.0 Å². The first kappa shape index (κ1) is 29.0. The summed E-state index contributed by atoms with van der Waals surface area (Å²) in [5.74, 6) is -0.0238. The van der Waals surface area contributed by atoms with Crippen LogP contribution in [0.3, 0.4) is 0 Å². The van der Waals surface area contributed by atoms with Crippen molar-refractivity contribution in [1.29, 1.82) is 0 Å². The molecule has 0 aromatic carbocycles. The van der Waals surface area contributed by atoms with E-state index in [9.17, 15) is 18.4 Å². The maximum atomic E-state index is 15.0. The van der Waals surface area contributed by atoms with Gasteiger partial charge < -0.3 is 0 Å². The van der Waals surface area contributed by atoms with Gasteiger partial charge in [-0.2, -0.15) is 0 Å². The molecule has 1 aromatic heterocycles. The average molecular weight is 441 g/mol. The zero-order valence-corrected chi connectivity index (χ0v) is 20.3. The average Bonchev–Trinajstić information content (AvgIpc) is 3.59. The van der Waals surface area contributed by atoms with Gasteiger partial charge in [-0.25, -0.2) is 13.2 Å². The van der Waals surface area contributed by atoms with Gasteiger partial charge in [0.2, 0.25) is 11.9 Å². The van der Waals surface area contributed by atoms with E-state index in [1.165, 1.54) is 26.0 Å². The molecule has 1 fully saturated rings. The SMILES string of the molecule is C=CC(CC1CC1)c1ccc(C(/C(F)=C(\C)CCC)=C(/C)C(F)F)c[n+]1O.CC.CC. The number of nitrogens with zero attached hydrogens (tertiary/aromatic N) is 1. The Balaban J connectivity index is 0.00000212. The summed E-state index contributed by atoms with van der Waals surface area (Å²) in [6, 6.07) is 3.27. The predicted molar refractivity (Wildman–Crippen MR) is 124 cm³/mol. The van der Waals surface area contributed by atoms with Crippen LogP contribution in [-0.4, -0.2) is 11.6 Å². The van der Waals surface area contributed by atoms with Crippen molar-refractivity contribution >= 4 is 5.57 Å². The molecule has 1 N–H and O–H groups in total. The Morgan fingerprint density at radius 1 is 1.19 bits per heavy atom. The van der Waals surface area contributed by atoms with Crippen molar-refractivity contribution in [3.05, 3.63) is 59.2 Å². The highest BCUT2D eigenvalue weighted by Crippen LogP contribution is 2.39. The summed E-state index contributed by atoms with van der Waals surface area (Å²) < 4.78 is 42.6. The van der Waals surface area contributed by atoms with Gasteiger partial charge in [-0.05, 0) is 44.2 Å². The van der Waals surface area contributed by atoms with E-state index in [0.717, 1.165) is 17.6 Å². The molecule has 1 aliphatic carbocycles. The molecule has 0 saturated heterocycles. The van der Waals surface area contributed by atoms with Crippen LogP contribution < -0.4 is 4.73 Å². The largest absolute Gasteiger partial charge is 0.285 e. The second-order valence-electron chi connectivity index (χ2n) is 7.41. The molecule has 0 spiro atoms. The van der Waals surface area contributed by atoms with Gasteiger partial charge in [0.25, 0.3) is 6.43 Å². The van der Waals surface area contributed by atoms with Crippen molar-refractivity contribution in [2.45, 2.75) is 92.9 Å². The van der Waals surface area contributed by atoms with Crippen LogP contribution in [0.25, 0.3) is 5.57 Å². The van der Waals surface area contributed by atoms with Crippen molar-refractivity contribution in [2.75, 3.05) is 0 Å². The molecule has 1 saturated carbocycles. The Bertz CT molecular complexity index is 749. The Morgan fingerprint density at radius 3 is 2.19 bits per heavy atom. The number of rotatable bonds is 9. The van der Waals surface area contributed by atoms with Crippen molar-refractivity contribution in [2.24, 2.45) is 5.92 Å². The van der Waals surface area contributed by atoms with E-state index in [1.54, 1.807) is 25.1 Å². The number of hydrogen-bond acceptors (Lipinski definition) is 1. The van der Waals surface area contributed by atoms with E-state index in [0.29, 0.717) is 23.6 Å². The lowest BCUT2D eigenvalue weighted by Crippen LogP contribution is -2.36. The van der Waals surface area contributed by atoms with Crippen LogP contribution in [0.5, 0.6) is 0 Å². The fraction of sp³-hybridized carbons (Fsp3) is 0.577. The molecule has 0 radical (unpaired) electrons. The van der Waals surface area contributed by atoms with Gasteiger partial charge in [-0.15, -0.1) is 6.58 Å². The topological polar surface area (TPSA) is 24.1 Å². The van der Waals surface area contributed by atoms with Crippen molar-refractivity contribution < 1.29 is 23.1 Å². The second-order valence-corrected chi connectivity index (χ2v) is 7.41. The maximum Gasteiger partial charge on any atom is 0.260 e. The molecule has 2 rings (SSSR count). The Hall–Kier alpha value is -2.04. The minimum atomic E-state index is -2.78. The Kier molecular flexibility index (Phi) is 13.9. The quantitative estimate of drug-likeness (QED) is 0.177. The summed E-state index contributed by atoms with van der Waals surface area (Å²) in [6.45, 7) is 16.6. The molecule has 2 nitrogen and oxygen atoms in total. The van der Waals surface area contributed by atoms with Crippen LogP contribution in [0.2, 0.25) is 0 Å². The summed E-state index contributed by atoms with van der Waals surface area (Å²) >= 11 is 0. The Labute approximate surface area is 187 Å². The van der Waals surface area contributed by atoms with Crippen LogP contribution in [0, 0.1) is 5.92 Å². The summed E-state index contributed by atoms with van der Waals surface area (Å²) in [7, 11) is 0. The number of allylic oxidation sites excluding steroid dienone is 5. The first-order valence-electron chi connectivity index (χ1n) is 11.5. The van der Waals surface area contributed by atoms with Gasteiger partial charge in [0.15, 0.2) is 0 Å². The zero-order valence-electron chi connectivity index (χ0n) is 20.3. The van der Waals surface area contributed by atoms with Crippen LogP contribution in [0.1, 0.15) is 97.7 Å². The summed E-state index contributed by atoms with van der Waals surface area (Å²) in [5, 5.41) is 10.4. The maximum absolute atomic E-state index is 15.0. The second kappa shape index (κ2) is 14.9. The van der Waals surface area contributed by atoms with Gasteiger partial charge in [0.05, 0.1) is 11.5 Å². The first-order valence-corrected chi connectivity index (χ1v) is 11.5. The molecular formula is C26H41F3NO+. The van der Waals surface area contributed by atoms with Gasteiger partial charge in [-0.3, -0.25) is 5.21 Å². The summed E-state index contributed by atoms with van der Waals surface area (Å²) in [6.07, 6.45) is 4.80. The minimum Gasteiger partial charge on any atom is -0.285 e. The van der Waals surface area contributed by atoms with Crippen molar-refractivity contribution in [3.63, 3.8) is 0 Å². The molecular weight excluding hydrogens is 399 g/mol. The summed E-state index contributed by atoms with van der Waals surface area (Å²) in [5.41, 5.74) is 0.820. The first-order chi connectivity index (χ1) is 14.8. The number of aromatic nitrogens is 1. The predicted octanol–water partition coefficient (Wildman–Crippen LogP) is 8.42. The van der Waals surface area contributed by atoms with E-state index in [4.69, 9.17) is 0 Å². The normalized spacial score (nSPS) is 15.6. The third kappa shape index (κ3) is 8.54. The standard InChI is InChI=1S/C22H29F3NO.2C2H6/c1-5-7-14(3)21(23)20(15(4)22(24)25)18-10-11-19(26(27)13-18)17(6-2)12-16-8-9-16;2*1-2/h6,10-11,13,16-17,22,27H,2,5,7-9,12H2,1,3-4H3;2*1-2H3/q+1;;/b20-15+,21-14-;;. The zero-order chi connectivity index (χ0) is 24.1. The monoisotopic (exact) mass is 440 g/mol. The van der Waals surface area contributed by atoms with Crippen molar-refractivity contribution in [1.82, 2.24) is 0 Å². The third-order valence-corrected chi connectivity index (χ3v) is 5.14. The van der Waals surface area contributed by atoms with Gasteiger partial charge in [0, 0.05) is 21.9 Å².